The number of ether oxygens (including phenoxy) is 3. The number of halogens is 1. The van der Waals surface area contributed by atoms with Gasteiger partial charge in [-0.15, -0.1) is 10.2 Å². The topological polar surface area (TPSA) is 149 Å². The van der Waals surface area contributed by atoms with E-state index in [1.54, 1.807) is 35.2 Å². The lowest BCUT2D eigenvalue weighted by atomic mass is 10.1. The molecular formula is C24H25FN7O5S-. The summed E-state index contributed by atoms with van der Waals surface area (Å²) in [4.78, 5) is 12.2. The fourth-order valence-electron chi connectivity index (χ4n) is 4.05. The Labute approximate surface area is 220 Å². The van der Waals surface area contributed by atoms with Gasteiger partial charge in [-0.3, -0.25) is 13.8 Å². The highest BCUT2D eigenvalue weighted by molar-refractivity contribution is 7.77. The first kappa shape index (κ1) is 27.2. The van der Waals surface area contributed by atoms with Crippen molar-refractivity contribution >= 4 is 11.3 Å². The number of pyridine rings is 1. The maximum absolute atomic E-state index is 13.5. The number of para-hydroxylation sites is 1. The number of methoxy groups -OCH3 is 3. The van der Waals surface area contributed by atoms with Gasteiger partial charge in [0.25, 0.3) is 0 Å². The van der Waals surface area contributed by atoms with E-state index in [1.807, 2.05) is 13.0 Å². The van der Waals surface area contributed by atoms with Crippen LogP contribution in [0.15, 0.2) is 49.1 Å². The molecule has 0 radical (unpaired) electrons. The molecule has 1 aromatic carbocycles. The van der Waals surface area contributed by atoms with Crippen LogP contribution in [0.1, 0.15) is 23.3 Å². The van der Waals surface area contributed by atoms with Crippen LogP contribution in [-0.4, -0.2) is 65.8 Å². The lowest BCUT2D eigenvalue weighted by molar-refractivity contribution is 0.0669. The molecule has 0 fully saturated rings. The Hall–Kier alpha value is -3.85. The van der Waals surface area contributed by atoms with Crippen molar-refractivity contribution in [3.8, 4) is 28.6 Å². The van der Waals surface area contributed by atoms with Crippen molar-refractivity contribution in [2.24, 2.45) is 0 Å². The van der Waals surface area contributed by atoms with Gasteiger partial charge < -0.3 is 18.8 Å². The number of benzene rings is 1. The van der Waals surface area contributed by atoms with Gasteiger partial charge >= 0.3 is 0 Å². The van der Waals surface area contributed by atoms with Crippen molar-refractivity contribution in [3.05, 3.63) is 72.1 Å². The summed E-state index contributed by atoms with van der Waals surface area (Å²) in [5.74, 6) is 1.15. The molecule has 12 nitrogen and oxygen atoms in total. The number of aryl methyl sites for hydroxylation is 1. The minimum absolute atomic E-state index is 0.0271. The molecule has 38 heavy (non-hydrogen) atoms. The number of hydrogen-bond acceptors (Lipinski definition) is 10. The van der Waals surface area contributed by atoms with Crippen LogP contribution in [0.3, 0.4) is 0 Å². The number of rotatable bonds is 11. The second-order valence-corrected chi connectivity index (χ2v) is 8.82. The molecule has 14 heteroatoms. The molecule has 0 saturated carbocycles. The van der Waals surface area contributed by atoms with Crippen LogP contribution in [0.4, 0.5) is 4.39 Å². The third kappa shape index (κ3) is 5.83. The SMILES string of the molecule is COc1cccc(OC)c1-n1c(C[C@H](NS(=O)[O-])[C@H](OC)c2ncc(F)cn2)nnc1-c1cncc(C)c1. The Morgan fingerprint density at radius 2 is 1.76 bits per heavy atom. The summed E-state index contributed by atoms with van der Waals surface area (Å²) in [5.41, 5.74) is 2.07. The van der Waals surface area contributed by atoms with Crippen LogP contribution in [0, 0.1) is 12.7 Å². The van der Waals surface area contributed by atoms with Gasteiger partial charge in [-0.2, -0.15) is 0 Å². The predicted molar refractivity (Wildman–Crippen MR) is 134 cm³/mol. The molecule has 0 aliphatic heterocycles. The first-order chi connectivity index (χ1) is 18.4. The van der Waals surface area contributed by atoms with E-state index in [-0.39, 0.29) is 12.2 Å². The van der Waals surface area contributed by atoms with Gasteiger partial charge in [0.1, 0.15) is 29.1 Å². The summed E-state index contributed by atoms with van der Waals surface area (Å²) in [7, 11) is 4.42. The molecule has 3 aromatic heterocycles. The summed E-state index contributed by atoms with van der Waals surface area (Å²) in [6.45, 7) is 1.90. The molecule has 3 atom stereocenters. The second kappa shape index (κ2) is 12.1. The highest BCUT2D eigenvalue weighted by atomic mass is 32.2. The standard InChI is InChI=1S/C24H26FN7O5S/c1-14-8-15(11-26-10-14)24-30-29-20(32(24)21-18(35-2)6-5-7-19(21)36-3)9-17(31-38(33)34)22(37-4)23-27-12-16(25)13-28-23/h5-8,10-13,17,22,31H,9H2,1-4H3,(H,33,34)/p-1/t17-,22-/m0/s1. The van der Waals surface area contributed by atoms with Gasteiger partial charge in [-0.05, 0) is 30.7 Å². The molecular weight excluding hydrogens is 517 g/mol. The Balaban J connectivity index is 1.89. The molecule has 4 aromatic rings. The fraction of sp³-hybridized carbons (Fsp3) is 0.292. The van der Waals surface area contributed by atoms with E-state index in [1.165, 1.54) is 21.3 Å². The molecule has 3 heterocycles. The third-order valence-electron chi connectivity index (χ3n) is 5.65. The van der Waals surface area contributed by atoms with Crippen molar-refractivity contribution in [1.82, 2.24) is 34.4 Å². The van der Waals surface area contributed by atoms with Crippen molar-refractivity contribution < 1.29 is 27.4 Å². The summed E-state index contributed by atoms with van der Waals surface area (Å²) in [5, 5.41) is 8.81. The quantitative estimate of drug-likeness (QED) is 0.280. The van der Waals surface area contributed by atoms with E-state index < -0.39 is 29.2 Å². The monoisotopic (exact) mass is 542 g/mol. The number of hydrogen-bond donors (Lipinski definition) is 1. The zero-order chi connectivity index (χ0) is 27.2. The number of nitrogens with one attached hydrogen (secondary N) is 1. The van der Waals surface area contributed by atoms with E-state index in [0.29, 0.717) is 34.4 Å². The van der Waals surface area contributed by atoms with Gasteiger partial charge in [0, 0.05) is 42.8 Å². The molecule has 200 valence electrons. The first-order valence-electron chi connectivity index (χ1n) is 11.3. The zero-order valence-electron chi connectivity index (χ0n) is 21.0. The highest BCUT2D eigenvalue weighted by Gasteiger charge is 2.30. The molecule has 0 aliphatic carbocycles. The van der Waals surface area contributed by atoms with Crippen molar-refractivity contribution in [3.63, 3.8) is 0 Å². The Bertz CT molecular complexity index is 1400. The molecule has 0 aliphatic rings. The van der Waals surface area contributed by atoms with E-state index >= 15 is 0 Å². The van der Waals surface area contributed by atoms with E-state index in [9.17, 15) is 13.2 Å². The Morgan fingerprint density at radius 3 is 2.34 bits per heavy atom. The summed E-state index contributed by atoms with van der Waals surface area (Å²) in [6.07, 6.45) is 4.30. The van der Waals surface area contributed by atoms with Crippen molar-refractivity contribution in [2.45, 2.75) is 25.5 Å². The average Bonchev–Trinajstić information content (AvgIpc) is 3.32. The summed E-state index contributed by atoms with van der Waals surface area (Å²) < 4.78 is 58.0. The van der Waals surface area contributed by atoms with Gasteiger partial charge in [0.2, 0.25) is 0 Å². The Morgan fingerprint density at radius 1 is 1.08 bits per heavy atom. The fourth-order valence-corrected chi connectivity index (χ4v) is 4.50. The number of nitrogens with zero attached hydrogens (tertiary/aromatic N) is 6. The van der Waals surface area contributed by atoms with Crippen LogP contribution < -0.4 is 14.2 Å². The first-order valence-corrected chi connectivity index (χ1v) is 12.4. The molecule has 0 bridgehead atoms. The molecule has 1 unspecified atom stereocenters. The zero-order valence-corrected chi connectivity index (χ0v) is 21.8. The largest absolute Gasteiger partial charge is 0.760 e. The normalized spacial score (nSPS) is 13.6. The molecule has 0 amide bonds. The van der Waals surface area contributed by atoms with Gasteiger partial charge in [-0.25, -0.2) is 19.1 Å². The molecule has 0 saturated heterocycles. The lowest BCUT2D eigenvalue weighted by Crippen LogP contribution is -2.40. The Kier molecular flexibility index (Phi) is 8.68. The minimum atomic E-state index is -2.69. The van der Waals surface area contributed by atoms with E-state index in [2.05, 4.69) is 29.9 Å². The average molecular weight is 543 g/mol. The van der Waals surface area contributed by atoms with Crippen LogP contribution in [0.2, 0.25) is 0 Å². The maximum atomic E-state index is 13.5. The summed E-state index contributed by atoms with van der Waals surface area (Å²) >= 11 is -2.69. The van der Waals surface area contributed by atoms with E-state index in [4.69, 9.17) is 14.2 Å². The van der Waals surface area contributed by atoms with Crippen LogP contribution in [0.5, 0.6) is 11.5 Å². The highest BCUT2D eigenvalue weighted by Crippen LogP contribution is 2.37. The second-order valence-electron chi connectivity index (χ2n) is 8.12. The number of aromatic nitrogens is 6. The van der Waals surface area contributed by atoms with Crippen LogP contribution in [0.25, 0.3) is 17.1 Å². The van der Waals surface area contributed by atoms with Crippen LogP contribution >= 0.6 is 0 Å². The minimum Gasteiger partial charge on any atom is -0.760 e. The van der Waals surface area contributed by atoms with E-state index in [0.717, 1.165) is 18.0 Å². The smallest absolute Gasteiger partial charge is 0.170 e. The van der Waals surface area contributed by atoms with Crippen molar-refractivity contribution in [1.29, 1.82) is 0 Å². The predicted octanol–water partition coefficient (Wildman–Crippen LogP) is 2.27. The van der Waals surface area contributed by atoms with Gasteiger partial charge in [0.15, 0.2) is 17.5 Å². The maximum Gasteiger partial charge on any atom is 0.170 e. The third-order valence-corrected chi connectivity index (χ3v) is 6.15. The van der Waals surface area contributed by atoms with Gasteiger partial charge in [0.05, 0.1) is 32.7 Å². The van der Waals surface area contributed by atoms with Crippen molar-refractivity contribution in [2.75, 3.05) is 21.3 Å². The van der Waals surface area contributed by atoms with Crippen LogP contribution in [-0.2, 0) is 22.4 Å². The summed E-state index contributed by atoms with van der Waals surface area (Å²) in [6, 6.07) is 6.23. The molecule has 0 spiro atoms. The lowest BCUT2D eigenvalue weighted by Gasteiger charge is -2.27. The molecule has 1 N–H and O–H groups in total. The van der Waals surface area contributed by atoms with Gasteiger partial charge in [-0.1, -0.05) is 6.07 Å². The molecule has 4 rings (SSSR count).